The molecule has 0 heterocycles. The highest BCUT2D eigenvalue weighted by atomic mass is 16.6. The summed E-state index contributed by atoms with van der Waals surface area (Å²) in [5, 5.41) is 24.6. The average molecular weight is 341 g/mol. The Morgan fingerprint density at radius 2 is 2.08 bits per heavy atom. The molecule has 0 saturated carbocycles. The van der Waals surface area contributed by atoms with E-state index in [0.717, 1.165) is 18.4 Å². The molecule has 0 fully saturated rings. The van der Waals surface area contributed by atoms with Gasteiger partial charge in [0.05, 0.1) is 17.1 Å². The first-order valence-electron chi connectivity index (χ1n) is 7.98. The van der Waals surface area contributed by atoms with E-state index in [1.807, 2.05) is 24.3 Å². The van der Waals surface area contributed by atoms with E-state index < -0.39 is 16.4 Å². The van der Waals surface area contributed by atoms with Crippen molar-refractivity contribution in [1.29, 1.82) is 0 Å². The number of nitrogens with two attached hydrogens (primary N) is 1. The Balaban J connectivity index is 1.88. The molecule has 130 valence electrons. The molecule has 1 atom stereocenters. The molecule has 0 saturated heterocycles. The second-order valence-electron chi connectivity index (χ2n) is 6.22. The molecule has 1 aliphatic rings. The van der Waals surface area contributed by atoms with E-state index in [-0.39, 0.29) is 24.4 Å². The van der Waals surface area contributed by atoms with Crippen molar-refractivity contribution in [2.24, 2.45) is 5.73 Å². The molecule has 1 aliphatic carbocycles. The van der Waals surface area contributed by atoms with Crippen LogP contribution in [0.2, 0.25) is 0 Å². The highest BCUT2D eigenvalue weighted by Crippen LogP contribution is 2.37. The number of hydrogen-bond donors (Lipinski definition) is 3. The molecule has 25 heavy (non-hydrogen) atoms. The molecule has 7 heteroatoms. The Kier molecular flexibility index (Phi) is 4.52. The zero-order valence-corrected chi connectivity index (χ0v) is 13.6. The fourth-order valence-electron chi connectivity index (χ4n) is 3.39. The number of hydrogen-bond acceptors (Lipinski definition) is 5. The summed E-state index contributed by atoms with van der Waals surface area (Å²) in [5.41, 5.74) is 7.13. The summed E-state index contributed by atoms with van der Waals surface area (Å²) in [4.78, 5) is 22.0. The number of nitro groups is 1. The van der Waals surface area contributed by atoms with E-state index in [1.54, 1.807) is 0 Å². The van der Waals surface area contributed by atoms with Gasteiger partial charge in [0.1, 0.15) is 0 Å². The van der Waals surface area contributed by atoms with E-state index in [9.17, 15) is 20.0 Å². The van der Waals surface area contributed by atoms with Crippen molar-refractivity contribution in [3.8, 4) is 0 Å². The molecule has 0 bridgehead atoms. The first-order valence-corrected chi connectivity index (χ1v) is 7.98. The summed E-state index contributed by atoms with van der Waals surface area (Å²) in [7, 11) is 0. The van der Waals surface area contributed by atoms with E-state index in [4.69, 9.17) is 5.73 Å². The normalized spacial score (nSPS) is 18.8. The van der Waals surface area contributed by atoms with E-state index in [2.05, 4.69) is 5.32 Å². The maximum Gasteiger partial charge on any atom is 0.274 e. The Morgan fingerprint density at radius 3 is 2.76 bits per heavy atom. The Morgan fingerprint density at radius 1 is 1.32 bits per heavy atom. The van der Waals surface area contributed by atoms with Crippen LogP contribution in [-0.2, 0) is 18.5 Å². The van der Waals surface area contributed by atoms with Gasteiger partial charge in [0.25, 0.3) is 5.69 Å². The molecule has 0 spiro atoms. The van der Waals surface area contributed by atoms with Crippen LogP contribution < -0.4 is 11.1 Å². The summed E-state index contributed by atoms with van der Waals surface area (Å²) >= 11 is 0. The second-order valence-corrected chi connectivity index (χ2v) is 6.22. The molecule has 4 N–H and O–H groups in total. The smallest absolute Gasteiger partial charge is 0.274 e. The molecule has 2 aromatic carbocycles. The fraction of sp³-hybridized carbons (Fsp3) is 0.278. The zero-order chi connectivity index (χ0) is 18.0. The lowest BCUT2D eigenvalue weighted by atomic mass is 9.92. The highest BCUT2D eigenvalue weighted by Gasteiger charge is 2.37. The molecule has 3 rings (SSSR count). The summed E-state index contributed by atoms with van der Waals surface area (Å²) in [5.74, 6) is -0.709. The van der Waals surface area contributed by atoms with Crippen LogP contribution in [0.25, 0.3) is 0 Å². The third-order valence-corrected chi connectivity index (χ3v) is 4.81. The van der Waals surface area contributed by atoms with E-state index >= 15 is 0 Å². The lowest BCUT2D eigenvalue weighted by Crippen LogP contribution is -2.43. The monoisotopic (exact) mass is 341 g/mol. The SMILES string of the molecule is NC(=O)c1ccc(CN[C@]2(CO)CCc3ccccc32)c([N+](=O)[O-])c1. The molecule has 1 amide bonds. The minimum absolute atomic E-state index is 0.0959. The van der Waals surface area contributed by atoms with Crippen LogP contribution in [0.1, 0.15) is 33.5 Å². The largest absolute Gasteiger partial charge is 0.394 e. The van der Waals surface area contributed by atoms with E-state index in [1.165, 1.54) is 23.8 Å². The van der Waals surface area contributed by atoms with Gasteiger partial charge in [-0.05, 0) is 30.0 Å². The lowest BCUT2D eigenvalue weighted by molar-refractivity contribution is -0.385. The minimum Gasteiger partial charge on any atom is -0.394 e. The van der Waals surface area contributed by atoms with Crippen LogP contribution in [0.5, 0.6) is 0 Å². The summed E-state index contributed by atoms with van der Waals surface area (Å²) < 4.78 is 0. The molecule has 0 aromatic heterocycles. The number of carbonyl (C=O) groups excluding carboxylic acids is 1. The van der Waals surface area contributed by atoms with Crippen LogP contribution in [0.15, 0.2) is 42.5 Å². The molecular weight excluding hydrogens is 322 g/mol. The molecule has 2 aromatic rings. The summed E-state index contributed by atoms with van der Waals surface area (Å²) in [6, 6.07) is 12.1. The molecule has 0 aliphatic heterocycles. The van der Waals surface area contributed by atoms with Gasteiger partial charge in [0.2, 0.25) is 5.91 Å². The zero-order valence-electron chi connectivity index (χ0n) is 13.6. The number of rotatable bonds is 6. The summed E-state index contributed by atoms with van der Waals surface area (Å²) in [6.07, 6.45) is 1.56. The standard InChI is InChI=1S/C18H19N3O4/c19-17(23)13-5-6-14(16(9-13)21(24)25)10-20-18(11-22)8-7-12-3-1-2-4-15(12)18/h1-6,9,20,22H,7-8,10-11H2,(H2,19,23)/t18-/m0/s1. The molecular formula is C18H19N3O4. The predicted molar refractivity (Wildman–Crippen MR) is 92.0 cm³/mol. The number of amides is 1. The number of aryl methyl sites for hydroxylation is 1. The Hall–Kier alpha value is -2.77. The third-order valence-electron chi connectivity index (χ3n) is 4.81. The first-order chi connectivity index (χ1) is 12.0. The fourth-order valence-corrected chi connectivity index (χ4v) is 3.39. The van der Waals surface area contributed by atoms with Gasteiger partial charge in [-0.2, -0.15) is 0 Å². The van der Waals surface area contributed by atoms with Gasteiger partial charge in [-0.1, -0.05) is 30.3 Å². The number of primary amides is 1. The van der Waals surface area contributed by atoms with Gasteiger partial charge in [-0.3, -0.25) is 14.9 Å². The molecule has 7 nitrogen and oxygen atoms in total. The van der Waals surface area contributed by atoms with Crippen molar-refractivity contribution in [3.63, 3.8) is 0 Å². The van der Waals surface area contributed by atoms with Crippen molar-refractivity contribution in [2.45, 2.75) is 24.9 Å². The van der Waals surface area contributed by atoms with Crippen LogP contribution in [0.3, 0.4) is 0 Å². The average Bonchev–Trinajstić information content (AvgIpc) is 2.99. The van der Waals surface area contributed by atoms with Crippen molar-refractivity contribution in [1.82, 2.24) is 5.32 Å². The van der Waals surface area contributed by atoms with Gasteiger partial charge in [0.15, 0.2) is 0 Å². The van der Waals surface area contributed by atoms with Crippen molar-refractivity contribution in [3.05, 3.63) is 74.8 Å². The van der Waals surface area contributed by atoms with Crippen LogP contribution in [0.4, 0.5) is 5.69 Å². The van der Waals surface area contributed by atoms with E-state index in [0.29, 0.717) is 5.56 Å². The Bertz CT molecular complexity index is 837. The summed E-state index contributed by atoms with van der Waals surface area (Å²) in [6.45, 7) is 0.0986. The molecule has 0 radical (unpaired) electrons. The Labute approximate surface area is 144 Å². The predicted octanol–water partition coefficient (Wildman–Crippen LogP) is 1.62. The minimum atomic E-state index is -0.709. The lowest BCUT2D eigenvalue weighted by Gasteiger charge is -2.30. The number of nitro benzene ring substituents is 1. The quantitative estimate of drug-likeness (QED) is 0.545. The van der Waals surface area contributed by atoms with Gasteiger partial charge >= 0.3 is 0 Å². The number of nitrogens with zero attached hydrogens (tertiary/aromatic N) is 1. The first kappa shape index (κ1) is 17.1. The second kappa shape index (κ2) is 6.62. The van der Waals surface area contributed by atoms with Crippen LogP contribution in [-0.4, -0.2) is 22.5 Å². The maximum absolute atomic E-state index is 11.3. The molecule has 0 unspecified atom stereocenters. The number of fused-ring (bicyclic) bond motifs is 1. The number of nitrogens with one attached hydrogen (secondary N) is 1. The number of aliphatic hydroxyl groups is 1. The van der Waals surface area contributed by atoms with Gasteiger partial charge < -0.3 is 16.2 Å². The maximum atomic E-state index is 11.3. The van der Waals surface area contributed by atoms with Crippen molar-refractivity contribution in [2.75, 3.05) is 6.61 Å². The highest BCUT2D eigenvalue weighted by molar-refractivity contribution is 5.93. The number of aliphatic hydroxyl groups excluding tert-OH is 1. The number of benzene rings is 2. The third kappa shape index (κ3) is 3.11. The number of carbonyl (C=O) groups is 1. The van der Waals surface area contributed by atoms with Gasteiger partial charge in [-0.15, -0.1) is 0 Å². The van der Waals surface area contributed by atoms with Crippen LogP contribution >= 0.6 is 0 Å². The van der Waals surface area contributed by atoms with Crippen molar-refractivity contribution < 1.29 is 14.8 Å². The van der Waals surface area contributed by atoms with Crippen molar-refractivity contribution >= 4 is 11.6 Å². The van der Waals surface area contributed by atoms with Gasteiger partial charge in [0, 0.05) is 23.7 Å². The van der Waals surface area contributed by atoms with Gasteiger partial charge in [-0.25, -0.2) is 0 Å². The topological polar surface area (TPSA) is 118 Å². The van der Waals surface area contributed by atoms with Crippen LogP contribution in [0, 0.1) is 10.1 Å².